The fourth-order valence-electron chi connectivity index (χ4n) is 3.69. The summed E-state index contributed by atoms with van der Waals surface area (Å²) >= 11 is 0. The maximum atomic E-state index is 12.1. The lowest BCUT2D eigenvalue weighted by Gasteiger charge is -2.39. The standard InChI is InChI=1S/C18H26N6O4.HI/c1-18(15(26)22-17(27)23-18)12-5-9-24(10-6-12)16(19-2)21-8-7-20-14(25)13-4-3-11-28-13;/h3-4,11-12H,5-10H2,1-2H3,(H,19,21)(H,20,25)(H2,22,23,26,27);1H. The maximum Gasteiger partial charge on any atom is 0.322 e. The van der Waals surface area contributed by atoms with Gasteiger partial charge in [-0.2, -0.15) is 0 Å². The Morgan fingerprint density at radius 2 is 2.00 bits per heavy atom. The summed E-state index contributed by atoms with van der Waals surface area (Å²) < 4.78 is 5.05. The molecule has 1 atom stereocenters. The molecule has 4 N–H and O–H groups in total. The Hall–Kier alpha value is -2.31. The first-order valence-corrected chi connectivity index (χ1v) is 9.35. The maximum absolute atomic E-state index is 12.1. The smallest absolute Gasteiger partial charge is 0.322 e. The van der Waals surface area contributed by atoms with Crippen molar-refractivity contribution in [2.75, 3.05) is 33.2 Å². The predicted molar refractivity (Wildman–Crippen MR) is 117 cm³/mol. The minimum absolute atomic E-state index is 0. The van der Waals surface area contributed by atoms with Crippen LogP contribution in [0.15, 0.2) is 27.8 Å². The molecule has 4 amide bonds. The molecule has 1 unspecified atom stereocenters. The van der Waals surface area contributed by atoms with Crippen LogP contribution in [0.1, 0.15) is 30.3 Å². The third-order valence-electron chi connectivity index (χ3n) is 5.33. The molecular formula is C18H27IN6O4. The van der Waals surface area contributed by atoms with Gasteiger partial charge in [0.1, 0.15) is 5.54 Å². The second kappa shape index (κ2) is 9.94. The lowest BCUT2D eigenvalue weighted by Crippen LogP contribution is -2.55. The first-order chi connectivity index (χ1) is 13.4. The van der Waals surface area contributed by atoms with Gasteiger partial charge in [0.05, 0.1) is 6.26 Å². The number of amides is 4. The van der Waals surface area contributed by atoms with Gasteiger partial charge in [0.15, 0.2) is 11.7 Å². The number of carbonyl (C=O) groups is 3. The molecule has 29 heavy (non-hydrogen) atoms. The minimum atomic E-state index is -0.851. The molecule has 2 fully saturated rings. The fraction of sp³-hybridized carbons (Fsp3) is 0.556. The molecule has 2 saturated heterocycles. The van der Waals surface area contributed by atoms with Crippen molar-refractivity contribution in [1.29, 1.82) is 0 Å². The number of guanidine groups is 1. The number of rotatable bonds is 5. The summed E-state index contributed by atoms with van der Waals surface area (Å²) in [5, 5.41) is 11.1. The van der Waals surface area contributed by atoms with Gasteiger partial charge in [-0.25, -0.2) is 4.79 Å². The zero-order chi connectivity index (χ0) is 20.1. The second-order valence-electron chi connectivity index (χ2n) is 7.08. The Morgan fingerprint density at radius 1 is 1.31 bits per heavy atom. The van der Waals surface area contributed by atoms with Gasteiger partial charge in [-0.05, 0) is 37.8 Å². The van der Waals surface area contributed by atoms with Crippen molar-refractivity contribution in [1.82, 2.24) is 26.2 Å². The fourth-order valence-corrected chi connectivity index (χ4v) is 3.69. The van der Waals surface area contributed by atoms with Gasteiger partial charge in [-0.3, -0.25) is 19.9 Å². The van der Waals surface area contributed by atoms with Crippen molar-refractivity contribution in [3.63, 3.8) is 0 Å². The van der Waals surface area contributed by atoms with Crippen LogP contribution < -0.4 is 21.3 Å². The minimum Gasteiger partial charge on any atom is -0.459 e. The Bertz CT molecular complexity index is 760. The van der Waals surface area contributed by atoms with Crippen LogP contribution in [-0.2, 0) is 4.79 Å². The highest BCUT2D eigenvalue weighted by atomic mass is 127. The zero-order valence-electron chi connectivity index (χ0n) is 16.5. The molecule has 2 aliphatic heterocycles. The summed E-state index contributed by atoms with van der Waals surface area (Å²) in [6.07, 6.45) is 2.99. The van der Waals surface area contributed by atoms with E-state index in [-0.39, 0.29) is 47.5 Å². The Balaban J connectivity index is 0.00000300. The number of hydrogen-bond donors (Lipinski definition) is 4. The first-order valence-electron chi connectivity index (χ1n) is 9.35. The normalized spacial score (nSPS) is 22.6. The highest BCUT2D eigenvalue weighted by molar-refractivity contribution is 14.0. The van der Waals surface area contributed by atoms with Gasteiger partial charge in [0.2, 0.25) is 0 Å². The number of hydrogen-bond acceptors (Lipinski definition) is 5. The van der Waals surface area contributed by atoms with E-state index in [1.165, 1.54) is 6.26 Å². The van der Waals surface area contributed by atoms with Crippen molar-refractivity contribution in [3.8, 4) is 0 Å². The molecule has 3 rings (SSSR count). The highest BCUT2D eigenvalue weighted by Gasteiger charge is 2.48. The Labute approximate surface area is 186 Å². The van der Waals surface area contributed by atoms with E-state index < -0.39 is 11.6 Å². The van der Waals surface area contributed by atoms with E-state index in [1.54, 1.807) is 26.1 Å². The molecule has 0 aromatic carbocycles. The van der Waals surface area contributed by atoms with Gasteiger partial charge in [0, 0.05) is 33.2 Å². The third-order valence-corrected chi connectivity index (χ3v) is 5.33. The number of halogens is 1. The molecule has 2 aliphatic rings. The van der Waals surface area contributed by atoms with Crippen molar-refractivity contribution < 1.29 is 18.8 Å². The monoisotopic (exact) mass is 518 g/mol. The van der Waals surface area contributed by atoms with Crippen LogP contribution in [0.2, 0.25) is 0 Å². The van der Waals surface area contributed by atoms with E-state index in [1.807, 2.05) is 0 Å². The lowest BCUT2D eigenvalue weighted by molar-refractivity contribution is -0.125. The van der Waals surface area contributed by atoms with Crippen LogP contribution in [0, 0.1) is 5.92 Å². The largest absolute Gasteiger partial charge is 0.459 e. The average Bonchev–Trinajstić information content (AvgIpc) is 3.31. The molecule has 160 valence electrons. The number of piperidine rings is 1. The molecule has 3 heterocycles. The van der Waals surface area contributed by atoms with Crippen molar-refractivity contribution >= 4 is 47.8 Å². The number of imide groups is 1. The second-order valence-corrected chi connectivity index (χ2v) is 7.08. The molecule has 0 bridgehead atoms. The topological polar surface area (TPSA) is 128 Å². The molecule has 0 radical (unpaired) electrons. The third kappa shape index (κ3) is 5.19. The van der Waals surface area contributed by atoms with E-state index in [2.05, 4.69) is 31.2 Å². The van der Waals surface area contributed by atoms with Crippen molar-refractivity contribution in [2.45, 2.75) is 25.3 Å². The number of nitrogens with zero attached hydrogens (tertiary/aromatic N) is 2. The molecule has 11 heteroatoms. The zero-order valence-corrected chi connectivity index (χ0v) is 18.8. The Morgan fingerprint density at radius 3 is 2.55 bits per heavy atom. The molecule has 0 saturated carbocycles. The number of urea groups is 1. The van der Waals surface area contributed by atoms with E-state index >= 15 is 0 Å². The van der Waals surface area contributed by atoms with Crippen molar-refractivity contribution in [2.24, 2.45) is 10.9 Å². The number of nitrogens with one attached hydrogen (secondary N) is 4. The van der Waals surface area contributed by atoms with Gasteiger partial charge in [-0.15, -0.1) is 24.0 Å². The van der Waals surface area contributed by atoms with E-state index in [0.717, 1.165) is 31.9 Å². The number of aliphatic imine (C=N–C) groups is 1. The van der Waals surface area contributed by atoms with Crippen LogP contribution in [0.5, 0.6) is 0 Å². The van der Waals surface area contributed by atoms with Gasteiger partial charge in [0.25, 0.3) is 11.8 Å². The van der Waals surface area contributed by atoms with Crippen LogP contribution >= 0.6 is 24.0 Å². The van der Waals surface area contributed by atoms with E-state index in [4.69, 9.17) is 4.42 Å². The summed E-state index contributed by atoms with van der Waals surface area (Å²) in [7, 11) is 1.71. The van der Waals surface area contributed by atoms with Gasteiger partial charge < -0.3 is 25.3 Å². The summed E-state index contributed by atoms with van der Waals surface area (Å²) in [6.45, 7) is 4.18. The summed E-state index contributed by atoms with van der Waals surface area (Å²) in [5.41, 5.74) is -0.851. The molecule has 1 aromatic heterocycles. The van der Waals surface area contributed by atoms with Crippen LogP contribution in [0.3, 0.4) is 0 Å². The number of carbonyl (C=O) groups excluding carboxylic acids is 3. The summed E-state index contributed by atoms with van der Waals surface area (Å²) in [4.78, 5) is 41.8. The predicted octanol–water partition coefficient (Wildman–Crippen LogP) is 0.513. The van der Waals surface area contributed by atoms with Crippen LogP contribution in [0.4, 0.5) is 4.79 Å². The quantitative estimate of drug-likeness (QED) is 0.148. The van der Waals surface area contributed by atoms with Gasteiger partial charge >= 0.3 is 6.03 Å². The van der Waals surface area contributed by atoms with E-state index in [9.17, 15) is 14.4 Å². The average molecular weight is 518 g/mol. The number of likely N-dealkylation sites (tertiary alicyclic amines) is 1. The van der Waals surface area contributed by atoms with Gasteiger partial charge in [-0.1, -0.05) is 0 Å². The molecule has 1 aromatic rings. The van der Waals surface area contributed by atoms with Crippen LogP contribution in [-0.4, -0.2) is 67.5 Å². The molecule has 10 nitrogen and oxygen atoms in total. The first kappa shape index (κ1) is 23.0. The highest BCUT2D eigenvalue weighted by Crippen LogP contribution is 2.30. The summed E-state index contributed by atoms with van der Waals surface area (Å²) in [6, 6.07) is 2.85. The lowest BCUT2D eigenvalue weighted by atomic mass is 9.79. The molecule has 0 aliphatic carbocycles. The molecule has 0 spiro atoms. The van der Waals surface area contributed by atoms with Crippen molar-refractivity contribution in [3.05, 3.63) is 24.2 Å². The summed E-state index contributed by atoms with van der Waals surface area (Å²) in [5.74, 6) is 0.582. The SMILES string of the molecule is CN=C(NCCNC(=O)c1ccco1)N1CCC(C2(C)NC(=O)NC2=O)CC1.I. The Kier molecular flexibility index (Phi) is 7.88. The van der Waals surface area contributed by atoms with E-state index in [0.29, 0.717) is 13.1 Å². The van der Waals surface area contributed by atoms with Crippen LogP contribution in [0.25, 0.3) is 0 Å². The number of furan rings is 1. The molecular weight excluding hydrogens is 491 g/mol.